The van der Waals surface area contributed by atoms with E-state index in [0.29, 0.717) is 0 Å². The molecule has 4 aliphatic rings. The number of Topliss-reactive ketones (excluding diaryl/α,β-unsaturated/α-hetero) is 3. The Morgan fingerprint density at radius 1 is 1.00 bits per heavy atom. The third-order valence-electron chi connectivity index (χ3n) is 10.8. The van der Waals surface area contributed by atoms with Gasteiger partial charge in [-0.15, -0.1) is 0 Å². The number of hydrogen-bond donors (Lipinski definition) is 6. The van der Waals surface area contributed by atoms with E-state index in [9.17, 15) is 54.3 Å². The highest BCUT2D eigenvalue weighted by atomic mass is 16.6. The van der Waals surface area contributed by atoms with Crippen LogP contribution in [0.3, 0.4) is 0 Å². The molecule has 1 fully saturated rings. The lowest BCUT2D eigenvalue weighted by molar-refractivity contribution is -0.214. The first-order valence-corrected chi connectivity index (χ1v) is 16.9. The van der Waals surface area contributed by atoms with Gasteiger partial charge in [0.15, 0.2) is 23.6 Å². The topological polar surface area (TPSA) is 271 Å². The molecular formula is C37H39NO17. The van der Waals surface area contributed by atoms with Crippen LogP contribution >= 0.6 is 0 Å². The Bertz CT molecular complexity index is 2070. The standard InChI is InChI=1S/C37H39NO17/c1-13-7-15-8-21(41)37(53-6)33(47)25-17(32(46)36(37,49)26(15)31(23(13)35(48)52-5)54-12-22(42)50-3)9-16-24(29(25)45)20(40)10-19(27(16)43)38-34-18(11-39)28(44)30(51-4)14(2)55-34/h7,9-10,14,18,21,28,30,34,38-39,41,44-45,49H,8,11-12H2,1-6H3/t14-,18+,21+,28-,30-,34-,36-,37+/m0/s1. The molecule has 1 aliphatic heterocycles. The Kier molecular flexibility index (Phi) is 10.2. The molecule has 0 aromatic heterocycles. The summed E-state index contributed by atoms with van der Waals surface area (Å²) in [6.45, 7) is 1.55. The Morgan fingerprint density at radius 3 is 2.29 bits per heavy atom. The van der Waals surface area contributed by atoms with Gasteiger partial charge >= 0.3 is 11.9 Å². The SMILES string of the molecule is COC(=O)COc1c(C(=O)OC)c(C)cc2c1[C@]1(O)C(=O)c3cc4c(c(O)c3C(=O)[C@]1(OC)[C@H](O)C2)C(=O)C=C(N[C@H]1O[C@@H](C)[C@H](OC)[C@@H](O)[C@H]1CO)C4=O. The van der Waals surface area contributed by atoms with Gasteiger partial charge < -0.3 is 59.3 Å². The van der Waals surface area contributed by atoms with Crippen molar-refractivity contribution in [1.82, 2.24) is 5.32 Å². The fourth-order valence-corrected chi connectivity index (χ4v) is 8.20. The van der Waals surface area contributed by atoms with Crippen LogP contribution in [0, 0.1) is 12.8 Å². The summed E-state index contributed by atoms with van der Waals surface area (Å²) >= 11 is 0. The Hall–Kier alpha value is -5.08. The van der Waals surface area contributed by atoms with E-state index < -0.39 is 147 Å². The van der Waals surface area contributed by atoms with Gasteiger partial charge in [0, 0.05) is 43.4 Å². The van der Waals surface area contributed by atoms with Crippen LogP contribution in [0.25, 0.3) is 0 Å². The van der Waals surface area contributed by atoms with Crippen molar-refractivity contribution in [2.45, 2.75) is 62.1 Å². The van der Waals surface area contributed by atoms with Crippen molar-refractivity contribution in [3.05, 3.63) is 68.4 Å². The Balaban J connectivity index is 1.54. The summed E-state index contributed by atoms with van der Waals surface area (Å²) in [6.07, 6.45) is -5.79. The Labute approximate surface area is 312 Å². The van der Waals surface area contributed by atoms with Crippen molar-refractivity contribution in [1.29, 1.82) is 0 Å². The molecule has 294 valence electrons. The van der Waals surface area contributed by atoms with E-state index in [0.717, 1.165) is 33.5 Å². The molecule has 0 bridgehead atoms. The molecular weight excluding hydrogens is 730 g/mol. The number of ether oxygens (including phenoxy) is 6. The van der Waals surface area contributed by atoms with E-state index in [1.807, 2.05) is 0 Å². The first-order chi connectivity index (χ1) is 26.0. The lowest BCUT2D eigenvalue weighted by Crippen LogP contribution is -2.73. The van der Waals surface area contributed by atoms with Gasteiger partial charge in [0.25, 0.3) is 0 Å². The maximum absolute atomic E-state index is 14.9. The molecule has 1 heterocycles. The van der Waals surface area contributed by atoms with Crippen LogP contribution in [-0.2, 0) is 40.5 Å². The number of aliphatic hydroxyl groups is 4. The van der Waals surface area contributed by atoms with Crippen LogP contribution in [0.2, 0.25) is 0 Å². The number of benzene rings is 2. The number of aromatic hydroxyl groups is 1. The number of aliphatic hydroxyl groups excluding tert-OH is 3. The lowest BCUT2D eigenvalue weighted by atomic mass is 9.56. The number of fused-ring (bicyclic) bond motifs is 5. The van der Waals surface area contributed by atoms with Crippen LogP contribution in [0.4, 0.5) is 0 Å². The second-order valence-corrected chi connectivity index (χ2v) is 13.6. The number of hydrogen-bond acceptors (Lipinski definition) is 18. The summed E-state index contributed by atoms with van der Waals surface area (Å²) in [5.74, 6) is -9.49. The van der Waals surface area contributed by atoms with Gasteiger partial charge in [-0.25, -0.2) is 9.59 Å². The summed E-state index contributed by atoms with van der Waals surface area (Å²) in [7, 11) is 4.35. The normalized spacial score (nSPS) is 29.7. The first kappa shape index (κ1) is 39.6. The Morgan fingerprint density at radius 2 is 1.69 bits per heavy atom. The molecule has 0 radical (unpaired) electrons. The second kappa shape index (κ2) is 14.2. The average Bonchev–Trinajstić information content (AvgIpc) is 3.14. The zero-order chi connectivity index (χ0) is 40.5. The van der Waals surface area contributed by atoms with E-state index in [-0.39, 0.29) is 16.7 Å². The number of methoxy groups -OCH3 is 4. The van der Waals surface area contributed by atoms with E-state index in [4.69, 9.17) is 23.7 Å². The lowest BCUT2D eigenvalue weighted by Gasteiger charge is -2.53. The van der Waals surface area contributed by atoms with Gasteiger partial charge in [0.2, 0.25) is 17.3 Å². The zero-order valence-corrected chi connectivity index (χ0v) is 30.5. The number of phenolic OH excluding ortho intramolecular Hbond substituents is 1. The molecule has 0 unspecified atom stereocenters. The number of carbonyl (C=O) groups is 6. The largest absolute Gasteiger partial charge is 0.506 e. The molecule has 0 saturated carbocycles. The molecule has 2 aromatic carbocycles. The van der Waals surface area contributed by atoms with Gasteiger partial charge in [-0.05, 0) is 31.0 Å². The molecule has 18 nitrogen and oxygen atoms in total. The van der Waals surface area contributed by atoms with Gasteiger partial charge in [-0.1, -0.05) is 6.07 Å². The molecule has 18 heteroatoms. The van der Waals surface area contributed by atoms with Crippen molar-refractivity contribution in [2.75, 3.05) is 41.7 Å². The van der Waals surface area contributed by atoms with Crippen molar-refractivity contribution in [2.24, 2.45) is 5.92 Å². The number of esters is 2. The predicted octanol–water partition coefficient (Wildman–Crippen LogP) is -0.810. The van der Waals surface area contributed by atoms with Gasteiger partial charge in [0.1, 0.15) is 29.4 Å². The van der Waals surface area contributed by atoms with Gasteiger partial charge in [-0.3, -0.25) is 19.2 Å². The maximum atomic E-state index is 14.9. The number of ketones is 4. The van der Waals surface area contributed by atoms with Crippen molar-refractivity contribution < 1.29 is 82.7 Å². The zero-order valence-electron chi connectivity index (χ0n) is 30.5. The van der Waals surface area contributed by atoms with Crippen molar-refractivity contribution in [3.8, 4) is 11.5 Å². The number of rotatable bonds is 9. The summed E-state index contributed by atoms with van der Waals surface area (Å²) in [5.41, 5.74) is -10.3. The molecule has 8 atom stereocenters. The predicted molar refractivity (Wildman–Crippen MR) is 182 cm³/mol. The molecule has 2 aromatic rings. The van der Waals surface area contributed by atoms with Crippen molar-refractivity contribution in [3.63, 3.8) is 0 Å². The van der Waals surface area contributed by atoms with Crippen LogP contribution in [-0.4, -0.2) is 139 Å². The number of carbonyl (C=O) groups excluding carboxylic acids is 6. The maximum Gasteiger partial charge on any atom is 0.343 e. The average molecular weight is 770 g/mol. The van der Waals surface area contributed by atoms with E-state index in [2.05, 4.69) is 10.1 Å². The van der Waals surface area contributed by atoms with E-state index in [1.54, 1.807) is 6.92 Å². The molecule has 0 amide bonds. The number of phenols is 1. The molecule has 0 spiro atoms. The van der Waals surface area contributed by atoms with Gasteiger partial charge in [-0.2, -0.15) is 0 Å². The third kappa shape index (κ3) is 5.50. The molecule has 1 saturated heterocycles. The minimum absolute atomic E-state index is 0.00167. The highest BCUT2D eigenvalue weighted by Gasteiger charge is 2.73. The van der Waals surface area contributed by atoms with Crippen LogP contribution in [0.5, 0.6) is 11.5 Å². The van der Waals surface area contributed by atoms with Gasteiger partial charge in [0.05, 0.1) is 61.9 Å². The second-order valence-electron chi connectivity index (χ2n) is 13.6. The molecule has 6 rings (SSSR count). The highest BCUT2D eigenvalue weighted by Crippen LogP contribution is 2.57. The first-order valence-electron chi connectivity index (χ1n) is 16.9. The smallest absolute Gasteiger partial charge is 0.343 e. The monoisotopic (exact) mass is 769 g/mol. The quantitative estimate of drug-likeness (QED) is 0.170. The fraction of sp³-hybridized carbons (Fsp3) is 0.459. The number of nitrogens with one attached hydrogen (secondary N) is 1. The van der Waals surface area contributed by atoms with Crippen LogP contribution in [0.15, 0.2) is 23.9 Å². The minimum atomic E-state index is -3.28. The third-order valence-corrected chi connectivity index (χ3v) is 10.8. The molecule has 55 heavy (non-hydrogen) atoms. The van der Waals surface area contributed by atoms with Crippen LogP contribution < -0.4 is 10.1 Å². The number of allylic oxidation sites excluding steroid dienone is 2. The summed E-state index contributed by atoms with van der Waals surface area (Å²) < 4.78 is 32.0. The molecule has 3 aliphatic carbocycles. The molecule has 6 N–H and O–H groups in total. The van der Waals surface area contributed by atoms with E-state index >= 15 is 0 Å². The number of aryl methyl sites for hydroxylation is 1. The summed E-state index contributed by atoms with van der Waals surface area (Å²) in [5, 5.41) is 59.6. The highest BCUT2D eigenvalue weighted by molar-refractivity contribution is 6.31. The van der Waals surface area contributed by atoms with Crippen molar-refractivity contribution >= 4 is 35.1 Å². The fourth-order valence-electron chi connectivity index (χ4n) is 8.20. The van der Waals surface area contributed by atoms with Crippen LogP contribution in [0.1, 0.15) is 75.4 Å². The summed E-state index contributed by atoms with van der Waals surface area (Å²) in [4.78, 5) is 82.7. The van der Waals surface area contributed by atoms with E-state index in [1.165, 1.54) is 20.1 Å². The minimum Gasteiger partial charge on any atom is -0.506 e. The summed E-state index contributed by atoms with van der Waals surface area (Å²) in [6, 6.07) is 2.17.